The SMILES string of the molecule is COc1cccc(N(C)CCCCCO)c1N. The van der Waals surface area contributed by atoms with Gasteiger partial charge >= 0.3 is 0 Å². The number of ether oxygens (including phenoxy) is 1. The molecule has 0 heterocycles. The Morgan fingerprint density at radius 1 is 1.29 bits per heavy atom. The van der Waals surface area contributed by atoms with Crippen molar-refractivity contribution in [2.75, 3.05) is 37.9 Å². The van der Waals surface area contributed by atoms with Crippen LogP contribution in [0.5, 0.6) is 5.75 Å². The number of benzene rings is 1. The second kappa shape index (κ2) is 7.01. The predicted molar refractivity (Wildman–Crippen MR) is 71.6 cm³/mol. The van der Waals surface area contributed by atoms with E-state index in [-0.39, 0.29) is 6.61 Å². The Balaban J connectivity index is 2.59. The number of nitrogen functional groups attached to an aromatic ring is 1. The highest BCUT2D eigenvalue weighted by Crippen LogP contribution is 2.31. The number of anilines is 2. The van der Waals surface area contributed by atoms with Crippen LogP contribution in [0.2, 0.25) is 0 Å². The molecule has 4 heteroatoms. The number of rotatable bonds is 7. The minimum Gasteiger partial charge on any atom is -0.495 e. The number of aliphatic hydroxyl groups excluding tert-OH is 1. The highest BCUT2D eigenvalue weighted by Gasteiger charge is 2.08. The van der Waals surface area contributed by atoms with Crippen molar-refractivity contribution in [2.24, 2.45) is 0 Å². The van der Waals surface area contributed by atoms with Crippen LogP contribution in [0, 0.1) is 0 Å². The molecule has 96 valence electrons. The summed E-state index contributed by atoms with van der Waals surface area (Å²) in [6, 6.07) is 5.79. The average Bonchev–Trinajstić information content (AvgIpc) is 2.34. The molecular weight excluding hydrogens is 216 g/mol. The number of nitrogens with zero attached hydrogens (tertiary/aromatic N) is 1. The Morgan fingerprint density at radius 2 is 2.06 bits per heavy atom. The lowest BCUT2D eigenvalue weighted by Crippen LogP contribution is -2.20. The summed E-state index contributed by atoms with van der Waals surface area (Å²) in [4.78, 5) is 2.12. The fourth-order valence-electron chi connectivity index (χ4n) is 1.80. The minimum atomic E-state index is 0.269. The average molecular weight is 238 g/mol. The monoisotopic (exact) mass is 238 g/mol. The standard InChI is InChI=1S/C13H22N2O2/c1-15(9-4-3-5-10-16)11-7-6-8-12(17-2)13(11)14/h6-8,16H,3-5,9-10,14H2,1-2H3. The summed E-state index contributed by atoms with van der Waals surface area (Å²) in [5.74, 6) is 0.713. The van der Waals surface area contributed by atoms with E-state index in [4.69, 9.17) is 15.6 Å². The van der Waals surface area contributed by atoms with Crippen LogP contribution in [-0.2, 0) is 0 Å². The third-order valence-electron chi connectivity index (χ3n) is 2.83. The predicted octanol–water partition coefficient (Wildman–Crippen LogP) is 1.88. The fourth-order valence-corrected chi connectivity index (χ4v) is 1.80. The fraction of sp³-hybridized carbons (Fsp3) is 0.538. The van der Waals surface area contributed by atoms with E-state index >= 15 is 0 Å². The van der Waals surface area contributed by atoms with E-state index in [2.05, 4.69) is 4.90 Å². The molecule has 4 nitrogen and oxygen atoms in total. The van der Waals surface area contributed by atoms with Crippen LogP contribution in [0.15, 0.2) is 18.2 Å². The molecule has 0 aliphatic heterocycles. The molecule has 0 spiro atoms. The zero-order valence-electron chi connectivity index (χ0n) is 10.6. The molecule has 1 aromatic carbocycles. The van der Waals surface area contributed by atoms with Crippen molar-refractivity contribution >= 4 is 11.4 Å². The first-order valence-corrected chi connectivity index (χ1v) is 5.95. The van der Waals surface area contributed by atoms with Crippen molar-refractivity contribution in [1.82, 2.24) is 0 Å². The molecule has 0 amide bonds. The minimum absolute atomic E-state index is 0.269. The molecule has 1 rings (SSSR count). The van der Waals surface area contributed by atoms with Crippen LogP contribution < -0.4 is 15.4 Å². The summed E-state index contributed by atoms with van der Waals surface area (Å²) < 4.78 is 5.19. The smallest absolute Gasteiger partial charge is 0.143 e. The van der Waals surface area contributed by atoms with Crippen LogP contribution in [-0.4, -0.2) is 32.4 Å². The summed E-state index contributed by atoms with van der Waals surface area (Å²) in [5.41, 5.74) is 7.69. The lowest BCUT2D eigenvalue weighted by Gasteiger charge is -2.22. The van der Waals surface area contributed by atoms with Crippen molar-refractivity contribution < 1.29 is 9.84 Å². The Labute approximate surface area is 103 Å². The first kappa shape index (κ1) is 13.6. The van der Waals surface area contributed by atoms with Gasteiger partial charge in [0.2, 0.25) is 0 Å². The van der Waals surface area contributed by atoms with Gasteiger partial charge in [-0.3, -0.25) is 0 Å². The molecule has 1 aromatic rings. The lowest BCUT2D eigenvalue weighted by molar-refractivity contribution is 0.283. The Morgan fingerprint density at radius 3 is 2.71 bits per heavy atom. The molecule has 17 heavy (non-hydrogen) atoms. The van der Waals surface area contributed by atoms with Crippen LogP contribution >= 0.6 is 0 Å². The second-order valence-corrected chi connectivity index (χ2v) is 4.10. The van der Waals surface area contributed by atoms with E-state index in [0.29, 0.717) is 11.4 Å². The molecule has 0 saturated heterocycles. The quantitative estimate of drug-likeness (QED) is 0.562. The van der Waals surface area contributed by atoms with E-state index in [9.17, 15) is 0 Å². The zero-order valence-corrected chi connectivity index (χ0v) is 10.6. The molecule has 0 aliphatic carbocycles. The summed E-state index contributed by atoms with van der Waals surface area (Å²) >= 11 is 0. The first-order chi connectivity index (χ1) is 8.20. The van der Waals surface area contributed by atoms with E-state index < -0.39 is 0 Å². The number of nitrogens with two attached hydrogens (primary N) is 1. The first-order valence-electron chi connectivity index (χ1n) is 5.95. The van der Waals surface area contributed by atoms with Gasteiger partial charge in [0.15, 0.2) is 0 Å². The molecule has 0 bridgehead atoms. The highest BCUT2D eigenvalue weighted by molar-refractivity contribution is 5.73. The summed E-state index contributed by atoms with van der Waals surface area (Å²) in [5, 5.41) is 8.71. The van der Waals surface area contributed by atoms with Crippen molar-refractivity contribution in [3.63, 3.8) is 0 Å². The number of hydrogen-bond donors (Lipinski definition) is 2. The molecule has 0 fully saturated rings. The zero-order chi connectivity index (χ0) is 12.7. The van der Waals surface area contributed by atoms with Gasteiger partial charge in [0, 0.05) is 20.2 Å². The summed E-state index contributed by atoms with van der Waals surface area (Å²) in [7, 11) is 3.64. The third kappa shape index (κ3) is 3.82. The Hall–Kier alpha value is -1.42. The van der Waals surface area contributed by atoms with E-state index in [0.717, 1.165) is 31.5 Å². The topological polar surface area (TPSA) is 58.7 Å². The van der Waals surface area contributed by atoms with Gasteiger partial charge in [-0.1, -0.05) is 6.07 Å². The maximum Gasteiger partial charge on any atom is 0.143 e. The normalized spacial score (nSPS) is 10.3. The highest BCUT2D eigenvalue weighted by atomic mass is 16.5. The Bertz CT molecular complexity index is 342. The second-order valence-electron chi connectivity index (χ2n) is 4.10. The van der Waals surface area contributed by atoms with Gasteiger partial charge in [0.1, 0.15) is 5.75 Å². The van der Waals surface area contributed by atoms with Gasteiger partial charge in [0.25, 0.3) is 0 Å². The number of hydrogen-bond acceptors (Lipinski definition) is 4. The maximum atomic E-state index is 8.71. The molecule has 0 aliphatic rings. The maximum absolute atomic E-state index is 8.71. The molecule has 0 aromatic heterocycles. The van der Waals surface area contributed by atoms with Gasteiger partial charge in [-0.15, -0.1) is 0 Å². The van der Waals surface area contributed by atoms with E-state index in [1.165, 1.54) is 0 Å². The molecule has 0 unspecified atom stereocenters. The van der Waals surface area contributed by atoms with Gasteiger partial charge in [-0.05, 0) is 31.4 Å². The number of methoxy groups -OCH3 is 1. The molecule has 3 N–H and O–H groups in total. The van der Waals surface area contributed by atoms with Crippen LogP contribution in [0.25, 0.3) is 0 Å². The number of aliphatic hydroxyl groups is 1. The molecule has 0 saturated carbocycles. The summed E-state index contributed by atoms with van der Waals surface area (Å²) in [6.07, 6.45) is 2.94. The van der Waals surface area contributed by atoms with Crippen molar-refractivity contribution in [3.05, 3.63) is 18.2 Å². The van der Waals surface area contributed by atoms with Crippen LogP contribution in [0.3, 0.4) is 0 Å². The number of para-hydroxylation sites is 1. The van der Waals surface area contributed by atoms with E-state index in [1.807, 2.05) is 25.2 Å². The third-order valence-corrected chi connectivity index (χ3v) is 2.83. The Kier molecular flexibility index (Phi) is 5.63. The van der Waals surface area contributed by atoms with Gasteiger partial charge in [-0.2, -0.15) is 0 Å². The van der Waals surface area contributed by atoms with Crippen molar-refractivity contribution in [1.29, 1.82) is 0 Å². The number of unbranched alkanes of at least 4 members (excludes halogenated alkanes) is 2. The van der Waals surface area contributed by atoms with Crippen molar-refractivity contribution in [3.8, 4) is 5.75 Å². The summed E-state index contributed by atoms with van der Waals surface area (Å²) in [6.45, 7) is 1.20. The molecule has 0 radical (unpaired) electrons. The van der Waals surface area contributed by atoms with Crippen LogP contribution in [0.4, 0.5) is 11.4 Å². The lowest BCUT2D eigenvalue weighted by atomic mass is 10.2. The molecular formula is C13H22N2O2. The van der Waals surface area contributed by atoms with E-state index in [1.54, 1.807) is 7.11 Å². The molecule has 0 atom stereocenters. The van der Waals surface area contributed by atoms with Gasteiger partial charge in [-0.25, -0.2) is 0 Å². The van der Waals surface area contributed by atoms with Gasteiger partial charge < -0.3 is 20.5 Å². The largest absolute Gasteiger partial charge is 0.495 e. The van der Waals surface area contributed by atoms with Crippen LogP contribution in [0.1, 0.15) is 19.3 Å². The van der Waals surface area contributed by atoms with Gasteiger partial charge in [0.05, 0.1) is 18.5 Å². The van der Waals surface area contributed by atoms with Crippen molar-refractivity contribution in [2.45, 2.75) is 19.3 Å².